The smallest absolute Gasteiger partial charge is 0.223 e. The minimum atomic E-state index is -3.14. The minimum absolute atomic E-state index is 0.0349. The van der Waals surface area contributed by atoms with Crippen LogP contribution < -0.4 is 5.32 Å². The zero-order chi connectivity index (χ0) is 18.4. The number of hydrogen-bond donors (Lipinski definition) is 1. The molecule has 0 spiro atoms. The van der Waals surface area contributed by atoms with Crippen molar-refractivity contribution in [2.24, 2.45) is 5.92 Å². The van der Waals surface area contributed by atoms with Gasteiger partial charge in [-0.15, -0.1) is 0 Å². The summed E-state index contributed by atoms with van der Waals surface area (Å²) in [5.41, 5.74) is 3.73. The molecule has 1 aromatic carbocycles. The first-order valence-electron chi connectivity index (χ1n) is 8.74. The first-order valence-corrected chi connectivity index (χ1v) is 10.6. The molecule has 1 saturated heterocycles. The van der Waals surface area contributed by atoms with Crippen LogP contribution in [0.4, 0.5) is 0 Å². The highest BCUT2D eigenvalue weighted by Crippen LogP contribution is 2.19. The maximum Gasteiger partial charge on any atom is 0.223 e. The summed E-state index contributed by atoms with van der Waals surface area (Å²) in [6.45, 7) is 5.67. The van der Waals surface area contributed by atoms with Crippen molar-refractivity contribution < 1.29 is 13.2 Å². The van der Waals surface area contributed by atoms with Crippen molar-refractivity contribution in [1.29, 1.82) is 0 Å². The number of sulfonamides is 1. The van der Waals surface area contributed by atoms with Crippen LogP contribution in [0.25, 0.3) is 6.08 Å². The van der Waals surface area contributed by atoms with Gasteiger partial charge in [-0.2, -0.15) is 0 Å². The van der Waals surface area contributed by atoms with Gasteiger partial charge in [-0.25, -0.2) is 12.7 Å². The van der Waals surface area contributed by atoms with Gasteiger partial charge in [-0.05, 0) is 49.8 Å². The van der Waals surface area contributed by atoms with Crippen LogP contribution in [0.1, 0.15) is 36.0 Å². The van der Waals surface area contributed by atoms with Crippen molar-refractivity contribution in [2.75, 3.05) is 25.9 Å². The number of rotatable bonds is 6. The summed E-state index contributed by atoms with van der Waals surface area (Å²) in [4.78, 5) is 12.2. The number of nitrogens with zero attached hydrogens (tertiary/aromatic N) is 1. The molecule has 2 rings (SSSR count). The van der Waals surface area contributed by atoms with Gasteiger partial charge in [0, 0.05) is 25.6 Å². The average Bonchev–Trinajstić information content (AvgIpc) is 2.57. The second-order valence-corrected chi connectivity index (χ2v) is 8.74. The third-order valence-electron chi connectivity index (χ3n) is 4.75. The molecular weight excluding hydrogens is 336 g/mol. The van der Waals surface area contributed by atoms with Gasteiger partial charge in [0.1, 0.15) is 0 Å². The Labute approximate surface area is 151 Å². The molecule has 0 unspecified atom stereocenters. The highest BCUT2D eigenvalue weighted by molar-refractivity contribution is 7.88. The number of hydrogen-bond acceptors (Lipinski definition) is 3. The van der Waals surface area contributed by atoms with Crippen molar-refractivity contribution in [3.8, 4) is 0 Å². The van der Waals surface area contributed by atoms with Crippen LogP contribution in [0.5, 0.6) is 0 Å². The lowest BCUT2D eigenvalue weighted by Gasteiger charge is -2.29. The molecule has 1 aliphatic heterocycles. The fraction of sp³-hybridized carbons (Fsp3) is 0.526. The molecule has 25 heavy (non-hydrogen) atoms. The van der Waals surface area contributed by atoms with E-state index in [0.29, 0.717) is 32.5 Å². The molecule has 1 aliphatic rings. The van der Waals surface area contributed by atoms with Crippen molar-refractivity contribution in [3.05, 3.63) is 41.0 Å². The van der Waals surface area contributed by atoms with E-state index in [2.05, 4.69) is 49.5 Å². The third kappa shape index (κ3) is 5.97. The van der Waals surface area contributed by atoms with E-state index in [1.54, 1.807) is 0 Å². The Kier molecular flexibility index (Phi) is 6.79. The quantitative estimate of drug-likeness (QED) is 0.789. The van der Waals surface area contributed by atoms with Gasteiger partial charge in [0.15, 0.2) is 0 Å². The normalized spacial score (nSPS) is 17.1. The second-order valence-electron chi connectivity index (χ2n) is 6.76. The van der Waals surface area contributed by atoms with Crippen LogP contribution in [-0.4, -0.2) is 44.5 Å². The zero-order valence-electron chi connectivity index (χ0n) is 15.3. The van der Waals surface area contributed by atoms with Crippen molar-refractivity contribution in [1.82, 2.24) is 9.62 Å². The molecule has 0 aliphatic carbocycles. The summed E-state index contributed by atoms with van der Waals surface area (Å²) in [6, 6.07) is 6.35. The largest absolute Gasteiger partial charge is 0.356 e. The van der Waals surface area contributed by atoms with E-state index in [-0.39, 0.29) is 11.8 Å². The second kappa shape index (κ2) is 8.63. The molecule has 1 fully saturated rings. The first kappa shape index (κ1) is 19.7. The van der Waals surface area contributed by atoms with E-state index in [0.717, 1.165) is 6.42 Å². The highest BCUT2D eigenvalue weighted by atomic mass is 32.2. The van der Waals surface area contributed by atoms with E-state index >= 15 is 0 Å². The molecule has 6 heteroatoms. The van der Waals surface area contributed by atoms with Gasteiger partial charge in [-0.3, -0.25) is 4.79 Å². The van der Waals surface area contributed by atoms with Crippen LogP contribution >= 0.6 is 0 Å². The molecule has 0 saturated carbocycles. The average molecular weight is 365 g/mol. The number of piperidine rings is 1. The summed E-state index contributed by atoms with van der Waals surface area (Å²) < 4.78 is 24.4. The van der Waals surface area contributed by atoms with Gasteiger partial charge < -0.3 is 5.32 Å². The maximum atomic E-state index is 12.2. The van der Waals surface area contributed by atoms with Crippen LogP contribution in [0.15, 0.2) is 24.3 Å². The molecule has 138 valence electrons. The van der Waals surface area contributed by atoms with E-state index < -0.39 is 10.0 Å². The molecule has 0 radical (unpaired) electrons. The summed E-state index contributed by atoms with van der Waals surface area (Å²) in [6.07, 6.45) is 7.32. The SMILES string of the molecule is Cc1ccc(/C=C/CCNC(=O)C2CCN(S(C)(=O)=O)CC2)cc1C. The van der Waals surface area contributed by atoms with Crippen molar-refractivity contribution in [2.45, 2.75) is 33.1 Å². The Morgan fingerprint density at radius 1 is 1.24 bits per heavy atom. The Balaban J connectivity index is 1.70. The lowest BCUT2D eigenvalue weighted by Crippen LogP contribution is -2.42. The Morgan fingerprint density at radius 3 is 2.52 bits per heavy atom. The summed E-state index contributed by atoms with van der Waals surface area (Å²) in [5, 5.41) is 2.95. The van der Waals surface area contributed by atoms with Crippen LogP contribution in [0, 0.1) is 19.8 Å². The molecule has 1 heterocycles. The zero-order valence-corrected chi connectivity index (χ0v) is 16.1. The van der Waals surface area contributed by atoms with Crippen LogP contribution in [0.2, 0.25) is 0 Å². The Bertz CT molecular complexity index is 733. The molecule has 1 amide bonds. The van der Waals surface area contributed by atoms with Crippen LogP contribution in [-0.2, 0) is 14.8 Å². The predicted molar refractivity (Wildman–Crippen MR) is 102 cm³/mol. The summed E-state index contributed by atoms with van der Waals surface area (Å²) >= 11 is 0. The first-order chi connectivity index (χ1) is 11.8. The van der Waals surface area contributed by atoms with Gasteiger partial charge >= 0.3 is 0 Å². The monoisotopic (exact) mass is 364 g/mol. The number of nitrogens with one attached hydrogen (secondary N) is 1. The van der Waals surface area contributed by atoms with Crippen LogP contribution in [0.3, 0.4) is 0 Å². The lowest BCUT2D eigenvalue weighted by molar-refractivity contribution is -0.126. The molecule has 1 aromatic rings. The van der Waals surface area contributed by atoms with E-state index in [1.165, 1.54) is 27.3 Å². The van der Waals surface area contributed by atoms with E-state index in [4.69, 9.17) is 0 Å². The molecule has 0 atom stereocenters. The van der Waals surface area contributed by atoms with Gasteiger partial charge in [0.05, 0.1) is 6.26 Å². The summed E-state index contributed by atoms with van der Waals surface area (Å²) in [7, 11) is -3.14. The van der Waals surface area contributed by atoms with Crippen molar-refractivity contribution >= 4 is 22.0 Å². The topological polar surface area (TPSA) is 66.5 Å². The number of carbonyl (C=O) groups is 1. The number of carbonyl (C=O) groups excluding carboxylic acids is 1. The van der Waals surface area contributed by atoms with Gasteiger partial charge in [0.2, 0.25) is 15.9 Å². The standard InChI is InChI=1S/C19H28N2O3S/c1-15-7-8-17(14-16(15)2)6-4-5-11-20-19(22)18-9-12-21(13-10-18)25(3,23)24/h4,6-8,14,18H,5,9-13H2,1-3H3,(H,20,22)/b6-4+. The highest BCUT2D eigenvalue weighted by Gasteiger charge is 2.28. The Hall–Kier alpha value is -1.66. The third-order valence-corrected chi connectivity index (χ3v) is 6.05. The molecule has 1 N–H and O–H groups in total. The Morgan fingerprint density at radius 2 is 1.92 bits per heavy atom. The van der Waals surface area contributed by atoms with Gasteiger partial charge in [-0.1, -0.05) is 30.4 Å². The predicted octanol–water partition coefficient (Wildman–Crippen LogP) is 2.49. The molecular formula is C19H28N2O3S. The fourth-order valence-electron chi connectivity index (χ4n) is 2.96. The number of aryl methyl sites for hydroxylation is 2. The van der Waals surface area contributed by atoms with Crippen molar-refractivity contribution in [3.63, 3.8) is 0 Å². The lowest BCUT2D eigenvalue weighted by atomic mass is 9.97. The molecule has 5 nitrogen and oxygen atoms in total. The molecule has 0 bridgehead atoms. The molecule has 0 aromatic heterocycles. The maximum absolute atomic E-state index is 12.2. The minimum Gasteiger partial charge on any atom is -0.356 e. The van der Waals surface area contributed by atoms with E-state index in [9.17, 15) is 13.2 Å². The summed E-state index contributed by atoms with van der Waals surface area (Å²) in [5.74, 6) is -0.0468. The number of amides is 1. The van der Waals surface area contributed by atoms with Gasteiger partial charge in [0.25, 0.3) is 0 Å². The fourth-order valence-corrected chi connectivity index (χ4v) is 3.83. The van der Waals surface area contributed by atoms with E-state index in [1.807, 2.05) is 0 Å². The number of benzene rings is 1.